The summed E-state index contributed by atoms with van der Waals surface area (Å²) in [6, 6.07) is 0.255. The number of nitrogens with two attached hydrogens (primary N) is 1. The number of hydrogen-bond acceptors (Lipinski definition) is 3. The molecule has 0 aliphatic heterocycles. The van der Waals surface area contributed by atoms with Crippen molar-refractivity contribution < 1.29 is 18.3 Å². The standard InChI is InChI=1S/C12H14BrF2NO2/c1-3-18-9(17)5-8(16)10-11(14)6(2)4-7(13)12(10)15/h4,8H,3,5,16H2,1-2H3/t8-/m0/s1. The molecule has 0 aromatic heterocycles. The molecular weight excluding hydrogens is 308 g/mol. The number of carbonyl (C=O) groups is 1. The van der Waals surface area contributed by atoms with E-state index in [1.807, 2.05) is 0 Å². The molecular formula is C12H14BrF2NO2. The van der Waals surface area contributed by atoms with Gasteiger partial charge in [-0.15, -0.1) is 0 Å². The minimum absolute atomic E-state index is 0.121. The Morgan fingerprint density at radius 2 is 2.11 bits per heavy atom. The van der Waals surface area contributed by atoms with Crippen LogP contribution in [0.1, 0.15) is 30.5 Å². The van der Waals surface area contributed by atoms with Gasteiger partial charge < -0.3 is 10.5 Å². The summed E-state index contributed by atoms with van der Waals surface area (Å²) in [6.07, 6.45) is -0.266. The van der Waals surface area contributed by atoms with Crippen LogP contribution in [0.25, 0.3) is 0 Å². The molecule has 0 heterocycles. The van der Waals surface area contributed by atoms with E-state index in [0.717, 1.165) is 0 Å². The molecule has 100 valence electrons. The number of halogens is 3. The van der Waals surface area contributed by atoms with Crippen molar-refractivity contribution in [2.75, 3.05) is 6.61 Å². The Kier molecular flexibility index (Phi) is 5.22. The fourth-order valence-electron chi connectivity index (χ4n) is 1.58. The van der Waals surface area contributed by atoms with Gasteiger partial charge in [-0.05, 0) is 41.4 Å². The Hall–Kier alpha value is -1.01. The van der Waals surface area contributed by atoms with Crippen LogP contribution in [0.2, 0.25) is 0 Å². The third-order valence-electron chi connectivity index (χ3n) is 2.43. The topological polar surface area (TPSA) is 52.3 Å². The van der Waals surface area contributed by atoms with Gasteiger partial charge in [0.05, 0.1) is 17.5 Å². The summed E-state index contributed by atoms with van der Waals surface area (Å²) in [5, 5.41) is 0. The van der Waals surface area contributed by atoms with Crippen molar-refractivity contribution in [1.82, 2.24) is 0 Å². The van der Waals surface area contributed by atoms with E-state index in [9.17, 15) is 13.6 Å². The third kappa shape index (κ3) is 3.26. The molecule has 0 saturated heterocycles. The minimum atomic E-state index is -1.07. The second kappa shape index (κ2) is 6.24. The molecule has 0 saturated carbocycles. The van der Waals surface area contributed by atoms with Gasteiger partial charge in [-0.1, -0.05) is 0 Å². The SMILES string of the molecule is CCOC(=O)C[C@H](N)c1c(F)c(C)cc(Br)c1F. The summed E-state index contributed by atoms with van der Waals surface area (Å²) in [5.74, 6) is -2.09. The van der Waals surface area contributed by atoms with E-state index in [0.29, 0.717) is 0 Å². The quantitative estimate of drug-likeness (QED) is 0.685. The molecule has 0 amide bonds. The first-order valence-corrected chi connectivity index (χ1v) is 6.23. The van der Waals surface area contributed by atoms with Crippen molar-refractivity contribution in [1.29, 1.82) is 0 Å². The molecule has 0 aliphatic rings. The van der Waals surface area contributed by atoms with Crippen LogP contribution in [0.4, 0.5) is 8.78 Å². The molecule has 18 heavy (non-hydrogen) atoms. The molecule has 1 aromatic rings. The van der Waals surface area contributed by atoms with Crippen molar-refractivity contribution in [3.63, 3.8) is 0 Å². The van der Waals surface area contributed by atoms with E-state index in [1.165, 1.54) is 13.0 Å². The van der Waals surface area contributed by atoms with Gasteiger partial charge in [0.25, 0.3) is 0 Å². The molecule has 0 fully saturated rings. The van der Waals surface area contributed by atoms with Crippen LogP contribution in [0.5, 0.6) is 0 Å². The smallest absolute Gasteiger partial charge is 0.307 e. The summed E-state index contributed by atoms with van der Waals surface area (Å²) < 4.78 is 32.5. The van der Waals surface area contributed by atoms with Crippen LogP contribution in [0.3, 0.4) is 0 Å². The van der Waals surface area contributed by atoms with Crippen molar-refractivity contribution in [2.45, 2.75) is 26.3 Å². The Bertz CT molecular complexity index is 440. The second-order valence-electron chi connectivity index (χ2n) is 3.83. The number of hydrogen-bond donors (Lipinski definition) is 1. The van der Waals surface area contributed by atoms with Gasteiger partial charge in [0.2, 0.25) is 0 Å². The van der Waals surface area contributed by atoms with Gasteiger partial charge in [-0.25, -0.2) is 8.78 Å². The second-order valence-corrected chi connectivity index (χ2v) is 4.69. The van der Waals surface area contributed by atoms with Crippen molar-refractivity contribution >= 4 is 21.9 Å². The number of carbonyl (C=O) groups excluding carboxylic acids is 1. The average molecular weight is 322 g/mol. The maximum Gasteiger partial charge on any atom is 0.307 e. The summed E-state index contributed by atoms with van der Waals surface area (Å²) in [6.45, 7) is 3.35. The fourth-order valence-corrected chi connectivity index (χ4v) is 2.14. The zero-order valence-corrected chi connectivity index (χ0v) is 11.7. The van der Waals surface area contributed by atoms with Crippen LogP contribution in [0.15, 0.2) is 10.5 Å². The lowest BCUT2D eigenvalue weighted by molar-refractivity contribution is -0.143. The first-order valence-electron chi connectivity index (χ1n) is 5.43. The van der Waals surface area contributed by atoms with Gasteiger partial charge in [0.15, 0.2) is 0 Å². The molecule has 1 atom stereocenters. The maximum atomic E-state index is 13.8. The van der Waals surface area contributed by atoms with E-state index in [4.69, 9.17) is 10.5 Å². The van der Waals surface area contributed by atoms with Crippen LogP contribution in [-0.2, 0) is 9.53 Å². The lowest BCUT2D eigenvalue weighted by atomic mass is 10.0. The maximum absolute atomic E-state index is 13.8. The number of esters is 1. The molecule has 0 spiro atoms. The highest BCUT2D eigenvalue weighted by Gasteiger charge is 2.23. The monoisotopic (exact) mass is 321 g/mol. The number of aryl methyl sites for hydroxylation is 1. The first kappa shape index (κ1) is 15.0. The van der Waals surface area contributed by atoms with E-state index in [-0.39, 0.29) is 28.6 Å². The molecule has 2 N–H and O–H groups in total. The van der Waals surface area contributed by atoms with Gasteiger partial charge in [0, 0.05) is 11.6 Å². The van der Waals surface area contributed by atoms with Crippen LogP contribution in [-0.4, -0.2) is 12.6 Å². The van der Waals surface area contributed by atoms with Crippen molar-refractivity contribution in [2.24, 2.45) is 5.73 Å². The molecule has 0 bridgehead atoms. The molecule has 1 rings (SSSR count). The minimum Gasteiger partial charge on any atom is -0.466 e. The molecule has 6 heteroatoms. The summed E-state index contributed by atoms with van der Waals surface area (Å²) >= 11 is 2.98. The summed E-state index contributed by atoms with van der Waals surface area (Å²) in [7, 11) is 0. The fraction of sp³-hybridized carbons (Fsp3) is 0.417. The lowest BCUT2D eigenvalue weighted by Crippen LogP contribution is -2.20. The van der Waals surface area contributed by atoms with Gasteiger partial charge in [-0.3, -0.25) is 4.79 Å². The highest BCUT2D eigenvalue weighted by atomic mass is 79.9. The van der Waals surface area contributed by atoms with Gasteiger partial charge in [0.1, 0.15) is 11.6 Å². The summed E-state index contributed by atoms with van der Waals surface area (Å²) in [5.41, 5.74) is 5.63. The molecule has 0 unspecified atom stereocenters. The van der Waals surface area contributed by atoms with E-state index < -0.39 is 23.6 Å². The largest absolute Gasteiger partial charge is 0.466 e. The predicted octanol–water partition coefficient (Wildman–Crippen LogP) is 2.99. The zero-order valence-electron chi connectivity index (χ0n) is 10.1. The van der Waals surface area contributed by atoms with E-state index in [2.05, 4.69) is 15.9 Å². The Morgan fingerprint density at radius 3 is 2.67 bits per heavy atom. The van der Waals surface area contributed by atoms with Gasteiger partial charge >= 0.3 is 5.97 Å². The highest BCUT2D eigenvalue weighted by Crippen LogP contribution is 2.29. The van der Waals surface area contributed by atoms with Crippen molar-refractivity contribution in [3.8, 4) is 0 Å². The van der Waals surface area contributed by atoms with Crippen molar-refractivity contribution in [3.05, 3.63) is 33.3 Å². The summed E-state index contributed by atoms with van der Waals surface area (Å²) in [4.78, 5) is 11.3. The Balaban J connectivity index is 3.05. The first-order chi connectivity index (χ1) is 8.38. The Morgan fingerprint density at radius 1 is 1.50 bits per heavy atom. The van der Waals surface area contributed by atoms with Crippen LogP contribution >= 0.6 is 15.9 Å². The molecule has 0 aliphatic carbocycles. The number of ether oxygens (including phenoxy) is 1. The number of rotatable bonds is 4. The van der Waals surface area contributed by atoms with E-state index in [1.54, 1.807) is 6.92 Å². The predicted molar refractivity (Wildman–Crippen MR) is 67.0 cm³/mol. The van der Waals surface area contributed by atoms with Crippen LogP contribution < -0.4 is 5.73 Å². The molecule has 0 radical (unpaired) electrons. The normalized spacial score (nSPS) is 12.3. The Labute approximate surface area is 112 Å². The number of benzene rings is 1. The lowest BCUT2D eigenvalue weighted by Gasteiger charge is -2.15. The molecule has 3 nitrogen and oxygen atoms in total. The third-order valence-corrected chi connectivity index (χ3v) is 3.01. The molecule has 1 aromatic carbocycles. The van der Waals surface area contributed by atoms with Crippen LogP contribution in [0, 0.1) is 18.6 Å². The zero-order chi connectivity index (χ0) is 13.9. The average Bonchev–Trinajstić information content (AvgIpc) is 2.27. The highest BCUT2D eigenvalue weighted by molar-refractivity contribution is 9.10. The van der Waals surface area contributed by atoms with E-state index >= 15 is 0 Å². The van der Waals surface area contributed by atoms with Gasteiger partial charge in [-0.2, -0.15) is 0 Å².